The van der Waals surface area contributed by atoms with Crippen LogP contribution in [-0.4, -0.2) is 0 Å². The van der Waals surface area contributed by atoms with Crippen molar-refractivity contribution in [3.05, 3.63) is 145 Å². The van der Waals surface area contributed by atoms with Gasteiger partial charge in [0.15, 0.2) is 0 Å². The Kier molecular flexibility index (Phi) is 9.60. The Bertz CT molecular complexity index is 2020. The highest BCUT2D eigenvalue weighted by atomic mass is 32.2. The Hall–Kier alpha value is -4.38. The normalized spacial score (nSPS) is 14.5. The molecule has 1 aliphatic carbocycles. The van der Waals surface area contributed by atoms with Crippen molar-refractivity contribution in [2.45, 2.75) is 103 Å². The molecule has 0 atom stereocenters. The molecular weight excluding hydrogens is 681 g/mol. The summed E-state index contributed by atoms with van der Waals surface area (Å²) in [5, 5.41) is 0. The fraction of sp³-hybridized carbons (Fsp3) is 0.265. The number of nitrogens with zero attached hydrogens (tertiary/aromatic N) is 2. The van der Waals surface area contributed by atoms with E-state index >= 15 is 0 Å². The quantitative estimate of drug-likeness (QED) is 0.116. The van der Waals surface area contributed by atoms with E-state index in [0.717, 1.165) is 0 Å². The highest BCUT2D eigenvalue weighted by Crippen LogP contribution is 2.59. The van der Waals surface area contributed by atoms with Crippen LogP contribution in [0, 0.1) is 0 Å². The maximum atomic E-state index is 2.60. The molecule has 0 unspecified atom stereocenters. The Labute approximate surface area is 324 Å². The number of fused-ring (bicyclic) bond motifs is 7. The van der Waals surface area contributed by atoms with Crippen molar-refractivity contribution in [1.29, 1.82) is 0 Å². The van der Waals surface area contributed by atoms with Crippen LogP contribution in [0.3, 0.4) is 0 Å². The fourth-order valence-corrected chi connectivity index (χ4v) is 11.2. The SMILES string of the molecule is CCCCCCC1(CCCCCC)c2cc(N3c4ccccc4Sc4ccccc43)ccc2-c2ccc(N3c4ccccc4Sc4ccccc43)cc21. The van der Waals surface area contributed by atoms with Crippen molar-refractivity contribution in [2.75, 3.05) is 9.80 Å². The van der Waals surface area contributed by atoms with Crippen molar-refractivity contribution in [3.8, 4) is 11.1 Å². The van der Waals surface area contributed by atoms with Crippen LogP contribution in [0.25, 0.3) is 11.1 Å². The summed E-state index contributed by atoms with van der Waals surface area (Å²) >= 11 is 3.77. The highest BCUT2D eigenvalue weighted by molar-refractivity contribution is 8.00. The molecule has 0 radical (unpaired) electrons. The molecule has 4 heteroatoms. The summed E-state index contributed by atoms with van der Waals surface area (Å²) in [5.41, 5.74) is 13.4. The Morgan fingerprint density at radius 1 is 0.415 bits per heavy atom. The van der Waals surface area contributed by atoms with E-state index in [1.807, 2.05) is 23.5 Å². The van der Waals surface area contributed by atoms with Gasteiger partial charge in [0.1, 0.15) is 0 Å². The van der Waals surface area contributed by atoms with Crippen LogP contribution in [0.5, 0.6) is 0 Å². The Morgan fingerprint density at radius 3 is 1.13 bits per heavy atom. The smallest absolute Gasteiger partial charge is 0.0601 e. The number of hydrogen-bond acceptors (Lipinski definition) is 4. The van der Waals surface area contributed by atoms with Crippen molar-refractivity contribution in [1.82, 2.24) is 0 Å². The molecule has 0 spiro atoms. The minimum Gasteiger partial charge on any atom is -0.308 e. The van der Waals surface area contributed by atoms with Crippen LogP contribution in [0.2, 0.25) is 0 Å². The van der Waals surface area contributed by atoms with Gasteiger partial charge in [-0.1, -0.05) is 149 Å². The van der Waals surface area contributed by atoms with Crippen molar-refractivity contribution in [2.24, 2.45) is 0 Å². The molecule has 266 valence electrons. The number of unbranched alkanes of at least 4 members (excludes halogenated alkanes) is 6. The Morgan fingerprint density at radius 2 is 0.774 bits per heavy atom. The van der Waals surface area contributed by atoms with Crippen LogP contribution >= 0.6 is 23.5 Å². The summed E-state index contributed by atoms with van der Waals surface area (Å²) in [4.78, 5) is 10.3. The van der Waals surface area contributed by atoms with Gasteiger partial charge >= 0.3 is 0 Å². The van der Waals surface area contributed by atoms with E-state index < -0.39 is 0 Å². The van der Waals surface area contributed by atoms with Crippen LogP contribution < -0.4 is 9.80 Å². The van der Waals surface area contributed by atoms with Crippen LogP contribution in [0.1, 0.15) is 89.2 Å². The predicted octanol–water partition coefficient (Wildman–Crippen LogP) is 15.8. The van der Waals surface area contributed by atoms with Crippen molar-refractivity contribution < 1.29 is 0 Å². The van der Waals surface area contributed by atoms with Gasteiger partial charge in [0.05, 0.1) is 22.7 Å². The first-order chi connectivity index (χ1) is 26.2. The average Bonchev–Trinajstić information content (AvgIpc) is 3.47. The van der Waals surface area contributed by atoms with Gasteiger partial charge < -0.3 is 9.80 Å². The zero-order chi connectivity index (χ0) is 35.8. The molecule has 3 aliphatic rings. The largest absolute Gasteiger partial charge is 0.308 e. The molecule has 2 aliphatic heterocycles. The van der Waals surface area contributed by atoms with Crippen molar-refractivity contribution >= 4 is 57.6 Å². The molecule has 2 nitrogen and oxygen atoms in total. The van der Waals surface area contributed by atoms with Gasteiger partial charge in [0, 0.05) is 36.4 Å². The lowest BCUT2D eigenvalue weighted by Crippen LogP contribution is -2.26. The van der Waals surface area contributed by atoms with Gasteiger partial charge in [0.2, 0.25) is 0 Å². The summed E-state index contributed by atoms with van der Waals surface area (Å²) in [6.07, 6.45) is 12.5. The topological polar surface area (TPSA) is 6.48 Å². The molecule has 9 rings (SSSR count). The van der Waals surface area contributed by atoms with E-state index in [4.69, 9.17) is 0 Å². The maximum absolute atomic E-state index is 2.60. The van der Waals surface area contributed by atoms with Gasteiger partial charge in [-0.15, -0.1) is 0 Å². The molecule has 6 aromatic carbocycles. The average molecular weight is 729 g/mol. The highest BCUT2D eigenvalue weighted by Gasteiger charge is 2.43. The fourth-order valence-electron chi connectivity index (χ4n) is 9.09. The monoisotopic (exact) mass is 728 g/mol. The summed E-state index contributed by atoms with van der Waals surface area (Å²) in [7, 11) is 0. The first-order valence-electron chi connectivity index (χ1n) is 19.8. The lowest BCUT2D eigenvalue weighted by atomic mass is 9.70. The lowest BCUT2D eigenvalue weighted by Gasteiger charge is -2.37. The number of hydrogen-bond donors (Lipinski definition) is 0. The van der Waals surface area contributed by atoms with Crippen LogP contribution in [0.4, 0.5) is 34.1 Å². The molecule has 6 aromatic rings. The van der Waals surface area contributed by atoms with E-state index in [1.54, 1.807) is 0 Å². The molecule has 0 saturated carbocycles. The lowest BCUT2D eigenvalue weighted by molar-refractivity contribution is 0.401. The maximum Gasteiger partial charge on any atom is 0.0601 e. The Balaban J connectivity index is 1.22. The third-order valence-electron chi connectivity index (χ3n) is 11.6. The van der Waals surface area contributed by atoms with E-state index in [9.17, 15) is 0 Å². The van der Waals surface area contributed by atoms with Gasteiger partial charge in [0.25, 0.3) is 0 Å². The minimum absolute atomic E-state index is 0.0503. The molecule has 0 amide bonds. The van der Waals surface area contributed by atoms with Crippen LogP contribution in [-0.2, 0) is 5.41 Å². The van der Waals surface area contributed by atoms with Gasteiger partial charge in [-0.05, 0) is 108 Å². The zero-order valence-corrected chi connectivity index (χ0v) is 32.6. The van der Waals surface area contributed by atoms with Crippen molar-refractivity contribution in [3.63, 3.8) is 0 Å². The summed E-state index contributed by atoms with van der Waals surface area (Å²) < 4.78 is 0. The molecule has 0 fully saturated rings. The molecule has 0 N–H and O–H groups in total. The molecular formula is C49H48N2S2. The summed E-state index contributed by atoms with van der Waals surface area (Å²) in [6, 6.07) is 50.6. The minimum atomic E-state index is -0.0503. The second-order valence-corrected chi connectivity index (χ2v) is 17.1. The number of anilines is 6. The van der Waals surface area contributed by atoms with E-state index in [0.29, 0.717) is 0 Å². The zero-order valence-electron chi connectivity index (χ0n) is 31.0. The second-order valence-electron chi connectivity index (χ2n) is 14.9. The van der Waals surface area contributed by atoms with E-state index in [2.05, 4.69) is 157 Å². The van der Waals surface area contributed by atoms with E-state index in [-0.39, 0.29) is 5.41 Å². The first kappa shape index (κ1) is 34.4. The first-order valence-corrected chi connectivity index (χ1v) is 21.4. The number of benzene rings is 6. The third-order valence-corrected chi connectivity index (χ3v) is 13.9. The van der Waals surface area contributed by atoms with Crippen LogP contribution in [0.15, 0.2) is 153 Å². The number of rotatable bonds is 12. The molecule has 0 aromatic heterocycles. The second kappa shape index (κ2) is 14.8. The van der Waals surface area contributed by atoms with Gasteiger partial charge in [-0.25, -0.2) is 0 Å². The summed E-state index contributed by atoms with van der Waals surface area (Å²) in [6.45, 7) is 4.66. The third kappa shape index (κ3) is 6.09. The predicted molar refractivity (Wildman–Crippen MR) is 228 cm³/mol. The summed E-state index contributed by atoms with van der Waals surface area (Å²) in [5.74, 6) is 0. The standard InChI is InChI=1S/C49H48N2S2/c1-3-5-7-17-31-49(32-18-8-6-4-2)39-33-35(50-41-19-9-13-23-45(41)52-46-24-14-10-20-42(46)50)27-29-37(39)38-30-28-36(34-40(38)49)51-43-21-11-15-25-47(43)53-48-26-16-12-22-44(48)51/h9-16,19-30,33-34H,3-8,17-18,31-32H2,1-2H3. The van der Waals surface area contributed by atoms with Gasteiger partial charge in [-0.2, -0.15) is 0 Å². The number of para-hydroxylation sites is 4. The molecule has 0 saturated heterocycles. The molecule has 0 bridgehead atoms. The van der Waals surface area contributed by atoms with Gasteiger partial charge in [-0.3, -0.25) is 0 Å². The van der Waals surface area contributed by atoms with E-state index in [1.165, 1.54) is 140 Å². The molecule has 53 heavy (non-hydrogen) atoms. The molecule has 2 heterocycles.